The molecule has 1 heterocycles. The van der Waals surface area contributed by atoms with E-state index in [0.717, 1.165) is 35.1 Å². The van der Waals surface area contributed by atoms with Gasteiger partial charge in [-0.05, 0) is 72.3 Å². The highest BCUT2D eigenvalue weighted by molar-refractivity contribution is 6.32. The third-order valence-corrected chi connectivity index (χ3v) is 8.15. The van der Waals surface area contributed by atoms with Crippen LogP contribution in [0.3, 0.4) is 0 Å². The number of likely N-dealkylation sites (tertiary alicyclic amines) is 1. The fraction of sp³-hybridized carbons (Fsp3) is 0.286. The maximum Gasteiger partial charge on any atom is 0.573 e. The summed E-state index contributed by atoms with van der Waals surface area (Å²) in [5.41, 5.74) is 5.56. The zero-order valence-corrected chi connectivity index (χ0v) is 25.4. The third-order valence-electron chi connectivity index (χ3n) is 7.85. The van der Waals surface area contributed by atoms with Crippen LogP contribution < -0.4 is 14.2 Å². The molecule has 0 saturated carbocycles. The lowest BCUT2D eigenvalue weighted by Crippen LogP contribution is -2.44. The zero-order chi connectivity index (χ0) is 32.0. The van der Waals surface area contributed by atoms with Gasteiger partial charge < -0.3 is 19.3 Å². The number of benzene rings is 4. The number of ether oxygens (including phenoxy) is 3. The Labute approximate surface area is 264 Å². The van der Waals surface area contributed by atoms with E-state index in [9.17, 15) is 23.1 Å². The van der Waals surface area contributed by atoms with Crippen molar-refractivity contribution < 1.29 is 37.3 Å². The quantitative estimate of drug-likeness (QED) is 0.177. The van der Waals surface area contributed by atoms with E-state index < -0.39 is 18.4 Å². The Morgan fingerprint density at radius 1 is 0.911 bits per heavy atom. The second kappa shape index (κ2) is 14.3. The lowest BCUT2D eigenvalue weighted by Gasteiger charge is -2.33. The van der Waals surface area contributed by atoms with E-state index in [1.165, 1.54) is 24.3 Å². The van der Waals surface area contributed by atoms with Crippen LogP contribution in [0.15, 0.2) is 84.9 Å². The van der Waals surface area contributed by atoms with Gasteiger partial charge in [-0.15, -0.1) is 13.2 Å². The Hall–Kier alpha value is -4.21. The molecular formula is C35H33ClF3NO5. The summed E-state index contributed by atoms with van der Waals surface area (Å²) in [4.78, 5) is 13.8. The van der Waals surface area contributed by atoms with Crippen molar-refractivity contribution >= 4 is 17.6 Å². The van der Waals surface area contributed by atoms with E-state index in [2.05, 4.69) is 22.9 Å². The van der Waals surface area contributed by atoms with Crippen LogP contribution in [-0.4, -0.2) is 34.9 Å². The van der Waals surface area contributed by atoms with Gasteiger partial charge >= 0.3 is 12.3 Å². The van der Waals surface area contributed by atoms with Crippen LogP contribution in [0.5, 0.6) is 17.2 Å². The molecular weight excluding hydrogens is 607 g/mol. The Morgan fingerprint density at radius 3 is 2.36 bits per heavy atom. The van der Waals surface area contributed by atoms with E-state index >= 15 is 0 Å². The summed E-state index contributed by atoms with van der Waals surface area (Å²) in [5, 5.41) is 10.1. The topological polar surface area (TPSA) is 68.2 Å². The molecule has 4 aromatic rings. The second-order valence-corrected chi connectivity index (χ2v) is 11.3. The molecule has 5 rings (SSSR count). The number of carbonyl (C=O) groups is 1. The van der Waals surface area contributed by atoms with Crippen molar-refractivity contribution in [2.24, 2.45) is 0 Å². The van der Waals surface area contributed by atoms with E-state index in [4.69, 9.17) is 21.1 Å². The van der Waals surface area contributed by atoms with Gasteiger partial charge in [0.25, 0.3) is 0 Å². The third kappa shape index (κ3) is 8.49. The molecule has 1 aliphatic heterocycles. The van der Waals surface area contributed by atoms with Crippen molar-refractivity contribution in [1.29, 1.82) is 0 Å². The highest BCUT2D eigenvalue weighted by Crippen LogP contribution is 2.36. The molecule has 0 amide bonds. The van der Waals surface area contributed by atoms with Gasteiger partial charge in [-0.1, -0.05) is 78.7 Å². The van der Waals surface area contributed by atoms with Crippen molar-refractivity contribution in [3.05, 3.63) is 112 Å². The van der Waals surface area contributed by atoms with Gasteiger partial charge in [-0.2, -0.15) is 0 Å². The minimum absolute atomic E-state index is 0.0426. The lowest BCUT2D eigenvalue weighted by molar-refractivity contribution is -0.274. The molecule has 4 aromatic carbocycles. The second-order valence-electron chi connectivity index (χ2n) is 10.9. The first kappa shape index (κ1) is 32.2. The highest BCUT2D eigenvalue weighted by atomic mass is 35.5. The van der Waals surface area contributed by atoms with Gasteiger partial charge in [0.2, 0.25) is 0 Å². The molecule has 1 fully saturated rings. The standard InChI is InChI=1S/C35H33ClF3NO5/c1-23-26(10-7-11-29(23)25-8-3-2-4-9-25)22-44-33-19-32(43-21-24-13-15-28(16-14-24)45-35(37,38)39)27(18-30(33)36)20-40-17-6-5-12-31(40)34(41)42/h2-4,7-11,13-16,18-19,31H,5-6,12,17,20-22H2,1H3,(H,41,42)/t31-/m0/s1. The summed E-state index contributed by atoms with van der Waals surface area (Å²) in [5.74, 6) is -0.375. The molecule has 1 saturated heterocycles. The maximum atomic E-state index is 12.6. The Kier molecular flexibility index (Phi) is 10.2. The minimum Gasteiger partial charge on any atom is -0.488 e. The predicted octanol–water partition coefficient (Wildman–Crippen LogP) is 8.81. The smallest absolute Gasteiger partial charge is 0.488 e. The van der Waals surface area contributed by atoms with Gasteiger partial charge in [0.1, 0.15) is 36.5 Å². The molecule has 1 atom stereocenters. The fourth-order valence-electron chi connectivity index (χ4n) is 5.50. The zero-order valence-electron chi connectivity index (χ0n) is 24.6. The molecule has 10 heteroatoms. The van der Waals surface area contributed by atoms with Gasteiger partial charge in [-0.3, -0.25) is 9.69 Å². The normalized spacial score (nSPS) is 15.4. The fourth-order valence-corrected chi connectivity index (χ4v) is 5.74. The van der Waals surface area contributed by atoms with Crippen molar-refractivity contribution in [2.45, 2.75) is 58.3 Å². The molecule has 45 heavy (non-hydrogen) atoms. The Balaban J connectivity index is 1.38. The molecule has 0 bridgehead atoms. The molecule has 6 nitrogen and oxygen atoms in total. The van der Waals surface area contributed by atoms with E-state index in [0.29, 0.717) is 47.2 Å². The largest absolute Gasteiger partial charge is 0.573 e. The van der Waals surface area contributed by atoms with Crippen LogP contribution in [0.2, 0.25) is 5.02 Å². The SMILES string of the molecule is Cc1c(COc2cc(OCc3ccc(OC(F)(F)F)cc3)c(CN3CCCC[C@H]3C(=O)O)cc2Cl)cccc1-c1ccccc1. The number of aliphatic carboxylic acids is 1. The van der Waals surface area contributed by atoms with Crippen LogP contribution >= 0.6 is 11.6 Å². The number of halogens is 4. The minimum atomic E-state index is -4.78. The Morgan fingerprint density at radius 2 is 1.64 bits per heavy atom. The van der Waals surface area contributed by atoms with E-state index in [1.807, 2.05) is 42.2 Å². The number of carboxylic acids is 1. The number of hydrogen-bond donors (Lipinski definition) is 1. The van der Waals surface area contributed by atoms with Crippen molar-refractivity contribution in [1.82, 2.24) is 4.90 Å². The van der Waals surface area contributed by atoms with Gasteiger partial charge in [0, 0.05) is 18.2 Å². The van der Waals surface area contributed by atoms with Gasteiger partial charge in [0.05, 0.1) is 5.02 Å². The molecule has 0 spiro atoms. The molecule has 1 aliphatic rings. The molecule has 0 aliphatic carbocycles. The lowest BCUT2D eigenvalue weighted by atomic mass is 9.97. The number of nitrogens with zero attached hydrogens (tertiary/aromatic N) is 1. The summed E-state index contributed by atoms with van der Waals surface area (Å²) < 4.78 is 54.1. The maximum absolute atomic E-state index is 12.6. The molecule has 0 unspecified atom stereocenters. The van der Waals surface area contributed by atoms with Gasteiger partial charge in [0.15, 0.2) is 0 Å². The Bertz CT molecular complexity index is 1610. The summed E-state index contributed by atoms with van der Waals surface area (Å²) in [6.07, 6.45) is -2.52. The summed E-state index contributed by atoms with van der Waals surface area (Å²) in [6, 6.07) is 24.3. The highest BCUT2D eigenvalue weighted by Gasteiger charge is 2.31. The first-order valence-electron chi connectivity index (χ1n) is 14.6. The molecule has 1 N–H and O–H groups in total. The summed E-state index contributed by atoms with van der Waals surface area (Å²) >= 11 is 6.72. The van der Waals surface area contributed by atoms with Crippen LogP contribution in [0.1, 0.15) is 41.5 Å². The number of carboxylic acid groups (broad SMARTS) is 1. The number of alkyl halides is 3. The van der Waals surface area contributed by atoms with Crippen LogP contribution in [0.4, 0.5) is 13.2 Å². The molecule has 0 radical (unpaired) electrons. The average Bonchev–Trinajstić information content (AvgIpc) is 3.01. The number of hydrogen-bond acceptors (Lipinski definition) is 5. The van der Waals surface area contributed by atoms with Crippen molar-refractivity contribution in [3.63, 3.8) is 0 Å². The number of rotatable bonds is 11. The molecule has 0 aromatic heterocycles. The predicted molar refractivity (Wildman–Crippen MR) is 166 cm³/mol. The van der Waals surface area contributed by atoms with Crippen molar-refractivity contribution in [2.75, 3.05) is 6.54 Å². The first-order chi connectivity index (χ1) is 21.6. The summed E-state index contributed by atoms with van der Waals surface area (Å²) in [6.45, 7) is 3.25. The van der Waals surface area contributed by atoms with E-state index in [1.54, 1.807) is 12.1 Å². The average molecular weight is 640 g/mol. The summed E-state index contributed by atoms with van der Waals surface area (Å²) in [7, 11) is 0. The number of piperidine rings is 1. The van der Waals surface area contributed by atoms with E-state index in [-0.39, 0.29) is 19.0 Å². The van der Waals surface area contributed by atoms with Crippen LogP contribution in [0.25, 0.3) is 11.1 Å². The van der Waals surface area contributed by atoms with Crippen LogP contribution in [0, 0.1) is 6.92 Å². The van der Waals surface area contributed by atoms with Gasteiger partial charge in [-0.25, -0.2) is 0 Å². The first-order valence-corrected chi connectivity index (χ1v) is 15.0. The molecule has 236 valence electrons. The van der Waals surface area contributed by atoms with Crippen molar-refractivity contribution in [3.8, 4) is 28.4 Å². The monoisotopic (exact) mass is 639 g/mol. The van der Waals surface area contributed by atoms with Crippen LogP contribution in [-0.2, 0) is 24.6 Å².